The van der Waals surface area contributed by atoms with Crippen LogP contribution in [0.3, 0.4) is 0 Å². The van der Waals surface area contributed by atoms with Crippen molar-refractivity contribution in [3.05, 3.63) is 40.1 Å². The Hall–Kier alpha value is -0.970. The second-order valence-corrected chi connectivity index (χ2v) is 4.25. The molecule has 5 heteroatoms. The van der Waals surface area contributed by atoms with Crippen molar-refractivity contribution in [3.8, 4) is 10.6 Å². The van der Waals surface area contributed by atoms with Gasteiger partial charge < -0.3 is 5.11 Å². The zero-order valence-electron chi connectivity index (χ0n) is 7.58. The van der Waals surface area contributed by atoms with Crippen molar-refractivity contribution in [3.63, 3.8) is 0 Å². The van der Waals surface area contributed by atoms with Crippen molar-refractivity contribution in [2.24, 2.45) is 0 Å². The number of hydrogen-bond acceptors (Lipinski definition) is 3. The monoisotopic (exact) mass is 243 g/mol. The molecule has 0 unspecified atom stereocenters. The highest BCUT2D eigenvalue weighted by atomic mass is 35.5. The van der Waals surface area contributed by atoms with Crippen molar-refractivity contribution in [2.75, 3.05) is 0 Å². The Balaban J connectivity index is 2.44. The molecule has 2 rings (SSSR count). The van der Waals surface area contributed by atoms with Crippen LogP contribution in [0.25, 0.3) is 10.6 Å². The molecule has 0 amide bonds. The maximum Gasteiger partial charge on any atom is 0.125 e. The van der Waals surface area contributed by atoms with E-state index in [4.69, 9.17) is 16.7 Å². The first kappa shape index (κ1) is 10.5. The Bertz CT molecular complexity index is 466. The molecule has 0 aliphatic heterocycles. The summed E-state index contributed by atoms with van der Waals surface area (Å²) in [6.07, 6.45) is 0. The van der Waals surface area contributed by atoms with Crippen LogP contribution in [0.1, 0.15) is 5.69 Å². The largest absolute Gasteiger partial charge is 0.390 e. The standard InChI is InChI=1S/C10H7ClFNOS/c11-7-1-6(2-8(12)3-7)10-13-9(4-14)5-15-10/h1-3,5,14H,4H2. The molecule has 0 aliphatic carbocycles. The van der Waals surface area contributed by atoms with E-state index in [9.17, 15) is 4.39 Å². The second kappa shape index (κ2) is 4.26. The lowest BCUT2D eigenvalue weighted by Crippen LogP contribution is -1.84. The first-order valence-corrected chi connectivity index (χ1v) is 5.46. The Labute approximate surface area is 95.0 Å². The zero-order chi connectivity index (χ0) is 10.8. The number of halogens is 2. The van der Waals surface area contributed by atoms with Crippen LogP contribution in [0.4, 0.5) is 4.39 Å². The molecule has 1 N–H and O–H groups in total. The molecule has 2 aromatic rings. The van der Waals surface area contributed by atoms with Gasteiger partial charge in [0.25, 0.3) is 0 Å². The van der Waals surface area contributed by atoms with Gasteiger partial charge in [-0.2, -0.15) is 0 Å². The highest BCUT2D eigenvalue weighted by Gasteiger charge is 2.06. The van der Waals surface area contributed by atoms with Crippen molar-refractivity contribution in [1.29, 1.82) is 0 Å². The van der Waals surface area contributed by atoms with Gasteiger partial charge in [0.05, 0.1) is 12.3 Å². The van der Waals surface area contributed by atoms with Gasteiger partial charge >= 0.3 is 0 Å². The molecule has 15 heavy (non-hydrogen) atoms. The van der Waals surface area contributed by atoms with E-state index in [1.165, 1.54) is 23.5 Å². The summed E-state index contributed by atoms with van der Waals surface area (Å²) in [6.45, 7) is -0.112. The highest BCUT2D eigenvalue weighted by molar-refractivity contribution is 7.13. The molecular formula is C10H7ClFNOS. The van der Waals surface area contributed by atoms with E-state index in [0.29, 0.717) is 21.3 Å². The third-order valence-corrected chi connectivity index (χ3v) is 2.98. The van der Waals surface area contributed by atoms with E-state index in [-0.39, 0.29) is 6.61 Å². The molecular weight excluding hydrogens is 237 g/mol. The third kappa shape index (κ3) is 2.34. The van der Waals surface area contributed by atoms with E-state index in [1.807, 2.05) is 0 Å². The van der Waals surface area contributed by atoms with E-state index >= 15 is 0 Å². The average molecular weight is 244 g/mol. The molecule has 0 atom stereocenters. The third-order valence-electron chi connectivity index (χ3n) is 1.82. The summed E-state index contributed by atoms with van der Waals surface area (Å²) in [6, 6.07) is 4.25. The topological polar surface area (TPSA) is 33.1 Å². The SMILES string of the molecule is OCc1csc(-c2cc(F)cc(Cl)c2)n1. The summed E-state index contributed by atoms with van der Waals surface area (Å²) < 4.78 is 13.0. The van der Waals surface area contributed by atoms with Crippen molar-refractivity contribution in [2.45, 2.75) is 6.61 Å². The van der Waals surface area contributed by atoms with Gasteiger partial charge in [-0.25, -0.2) is 9.37 Å². The lowest BCUT2D eigenvalue weighted by atomic mass is 10.2. The summed E-state index contributed by atoms with van der Waals surface area (Å²) in [4.78, 5) is 4.12. The second-order valence-electron chi connectivity index (χ2n) is 2.96. The molecule has 0 aliphatic rings. The number of aliphatic hydroxyl groups excluding tert-OH is 1. The summed E-state index contributed by atoms with van der Waals surface area (Å²) in [5.74, 6) is -0.391. The Morgan fingerprint density at radius 2 is 2.20 bits per heavy atom. The smallest absolute Gasteiger partial charge is 0.125 e. The van der Waals surface area contributed by atoms with Crippen LogP contribution in [0.2, 0.25) is 5.02 Å². The molecule has 78 valence electrons. The van der Waals surface area contributed by atoms with Crippen LogP contribution in [0, 0.1) is 5.82 Å². The number of aromatic nitrogens is 1. The van der Waals surface area contributed by atoms with Gasteiger partial charge in [0.1, 0.15) is 10.8 Å². The normalized spacial score (nSPS) is 10.6. The molecule has 2 nitrogen and oxygen atoms in total. The Kier molecular flexibility index (Phi) is 3.00. The van der Waals surface area contributed by atoms with Crippen molar-refractivity contribution < 1.29 is 9.50 Å². The lowest BCUT2D eigenvalue weighted by Gasteiger charge is -1.97. The zero-order valence-corrected chi connectivity index (χ0v) is 9.15. The Morgan fingerprint density at radius 3 is 2.80 bits per heavy atom. The number of thiazole rings is 1. The minimum atomic E-state index is -0.391. The van der Waals surface area contributed by atoms with Crippen LogP contribution >= 0.6 is 22.9 Å². The molecule has 1 heterocycles. The van der Waals surface area contributed by atoms with Crippen molar-refractivity contribution >= 4 is 22.9 Å². The molecule has 0 spiro atoms. The number of hydrogen-bond donors (Lipinski definition) is 1. The maximum atomic E-state index is 13.0. The van der Waals surface area contributed by atoms with Gasteiger partial charge in [-0.1, -0.05) is 11.6 Å². The molecule has 0 saturated carbocycles. The van der Waals surface area contributed by atoms with Gasteiger partial charge in [0.2, 0.25) is 0 Å². The quantitative estimate of drug-likeness (QED) is 0.879. The molecule has 1 aromatic heterocycles. The highest BCUT2D eigenvalue weighted by Crippen LogP contribution is 2.27. The van der Waals surface area contributed by atoms with Gasteiger partial charge in [-0.15, -0.1) is 11.3 Å². The summed E-state index contributed by atoms with van der Waals surface area (Å²) in [7, 11) is 0. The van der Waals surface area contributed by atoms with Gasteiger partial charge in [-0.3, -0.25) is 0 Å². The summed E-state index contributed by atoms with van der Waals surface area (Å²) in [5.41, 5.74) is 1.21. The van der Waals surface area contributed by atoms with Crippen LogP contribution in [0.15, 0.2) is 23.6 Å². The predicted molar refractivity (Wildman–Crippen MR) is 58.4 cm³/mol. The van der Waals surface area contributed by atoms with E-state index in [0.717, 1.165) is 0 Å². The minimum Gasteiger partial charge on any atom is -0.390 e. The number of nitrogens with zero attached hydrogens (tertiary/aromatic N) is 1. The maximum absolute atomic E-state index is 13.0. The first-order valence-electron chi connectivity index (χ1n) is 4.21. The van der Waals surface area contributed by atoms with Gasteiger partial charge in [0.15, 0.2) is 0 Å². The van der Waals surface area contributed by atoms with Crippen molar-refractivity contribution in [1.82, 2.24) is 4.98 Å². The molecule has 0 radical (unpaired) electrons. The lowest BCUT2D eigenvalue weighted by molar-refractivity contribution is 0.278. The van der Waals surface area contributed by atoms with E-state index in [1.54, 1.807) is 11.4 Å². The Morgan fingerprint density at radius 1 is 1.40 bits per heavy atom. The van der Waals surface area contributed by atoms with Crippen LogP contribution < -0.4 is 0 Å². The van der Waals surface area contributed by atoms with Crippen LogP contribution in [0.5, 0.6) is 0 Å². The van der Waals surface area contributed by atoms with E-state index < -0.39 is 5.82 Å². The summed E-state index contributed by atoms with van der Waals surface area (Å²) >= 11 is 7.08. The fourth-order valence-corrected chi connectivity index (χ4v) is 2.21. The van der Waals surface area contributed by atoms with Crippen LogP contribution in [-0.4, -0.2) is 10.1 Å². The predicted octanol–water partition coefficient (Wildman–Crippen LogP) is 3.09. The first-order chi connectivity index (χ1) is 7.19. The molecule has 0 fully saturated rings. The minimum absolute atomic E-state index is 0.112. The van der Waals surface area contributed by atoms with E-state index in [2.05, 4.69) is 4.98 Å². The molecule has 1 aromatic carbocycles. The van der Waals surface area contributed by atoms with Gasteiger partial charge in [-0.05, 0) is 18.2 Å². The fraction of sp³-hybridized carbons (Fsp3) is 0.100. The molecule has 0 bridgehead atoms. The van der Waals surface area contributed by atoms with Crippen LogP contribution in [-0.2, 0) is 6.61 Å². The fourth-order valence-electron chi connectivity index (χ4n) is 1.19. The average Bonchev–Trinajstić information content (AvgIpc) is 2.64. The number of benzene rings is 1. The number of aliphatic hydroxyl groups is 1. The molecule has 0 saturated heterocycles. The number of rotatable bonds is 2. The summed E-state index contributed by atoms with van der Waals surface area (Å²) in [5, 5.41) is 11.6. The van der Waals surface area contributed by atoms with Gasteiger partial charge in [0, 0.05) is 16.0 Å².